The Kier molecular flexibility index (Phi) is 5.72. The molecular weight excluding hydrogens is 266 g/mol. The number of hydrogen-bond acceptors (Lipinski definition) is 3. The molecule has 6 heteroatoms. The summed E-state index contributed by atoms with van der Waals surface area (Å²) in [6.45, 7) is 1.78. The predicted molar refractivity (Wildman–Crippen MR) is 73.8 cm³/mol. The molecule has 0 aromatic heterocycles. The van der Waals surface area contributed by atoms with Crippen molar-refractivity contribution in [1.82, 2.24) is 4.72 Å². The second-order valence-corrected chi connectivity index (χ2v) is 5.96. The van der Waals surface area contributed by atoms with Crippen molar-refractivity contribution in [2.75, 3.05) is 6.54 Å². The van der Waals surface area contributed by atoms with E-state index in [-0.39, 0.29) is 18.9 Å². The third-order valence-electron chi connectivity index (χ3n) is 2.40. The van der Waals surface area contributed by atoms with Crippen LogP contribution in [-0.2, 0) is 14.8 Å². The lowest BCUT2D eigenvalue weighted by molar-refractivity contribution is -0.137. The molecule has 0 aliphatic carbocycles. The van der Waals surface area contributed by atoms with Gasteiger partial charge in [-0.05, 0) is 17.6 Å². The Balaban J connectivity index is 2.53. The summed E-state index contributed by atoms with van der Waals surface area (Å²) in [7, 11) is -3.53. The fraction of sp³-hybridized carbons (Fsp3) is 0.308. The van der Waals surface area contributed by atoms with Crippen molar-refractivity contribution in [3.05, 3.63) is 41.3 Å². The van der Waals surface area contributed by atoms with E-state index in [0.717, 1.165) is 11.0 Å². The number of carboxylic acids is 1. The van der Waals surface area contributed by atoms with Gasteiger partial charge in [-0.1, -0.05) is 37.3 Å². The van der Waals surface area contributed by atoms with Crippen LogP contribution in [0.4, 0.5) is 0 Å². The van der Waals surface area contributed by atoms with E-state index in [1.807, 2.05) is 18.2 Å². The maximum atomic E-state index is 11.6. The molecule has 0 saturated carbocycles. The van der Waals surface area contributed by atoms with E-state index in [2.05, 4.69) is 4.72 Å². The molecule has 1 unspecified atom stereocenters. The van der Waals surface area contributed by atoms with Gasteiger partial charge in [-0.25, -0.2) is 13.1 Å². The number of aliphatic carboxylic acids is 1. The normalized spacial score (nSPS) is 13.5. The molecule has 0 aliphatic rings. The fourth-order valence-corrected chi connectivity index (χ4v) is 2.36. The van der Waals surface area contributed by atoms with Crippen molar-refractivity contribution in [2.24, 2.45) is 5.92 Å². The van der Waals surface area contributed by atoms with Crippen LogP contribution >= 0.6 is 0 Å². The molecule has 2 N–H and O–H groups in total. The van der Waals surface area contributed by atoms with Gasteiger partial charge in [-0.15, -0.1) is 0 Å². The van der Waals surface area contributed by atoms with Crippen LogP contribution in [0.25, 0.3) is 6.08 Å². The Morgan fingerprint density at radius 3 is 2.58 bits per heavy atom. The quantitative estimate of drug-likeness (QED) is 0.797. The Bertz CT molecular complexity index is 537. The van der Waals surface area contributed by atoms with Gasteiger partial charge in [0.05, 0.1) is 0 Å². The van der Waals surface area contributed by atoms with Crippen molar-refractivity contribution in [3.63, 3.8) is 0 Å². The first-order valence-electron chi connectivity index (χ1n) is 5.83. The van der Waals surface area contributed by atoms with Gasteiger partial charge in [0, 0.05) is 18.4 Å². The molecule has 1 atom stereocenters. The van der Waals surface area contributed by atoms with Gasteiger partial charge in [0.2, 0.25) is 10.0 Å². The minimum atomic E-state index is -3.53. The average Bonchev–Trinajstić information content (AvgIpc) is 2.35. The summed E-state index contributed by atoms with van der Waals surface area (Å²) in [6, 6.07) is 9.05. The number of benzene rings is 1. The van der Waals surface area contributed by atoms with Crippen LogP contribution in [0.5, 0.6) is 0 Å². The van der Waals surface area contributed by atoms with Gasteiger partial charge >= 0.3 is 5.97 Å². The summed E-state index contributed by atoms with van der Waals surface area (Å²) in [6.07, 6.45) is 1.43. The first-order chi connectivity index (χ1) is 8.89. The third-order valence-corrected chi connectivity index (χ3v) is 3.46. The highest BCUT2D eigenvalue weighted by Crippen LogP contribution is 2.04. The highest BCUT2D eigenvalue weighted by molar-refractivity contribution is 7.92. The molecule has 0 fully saturated rings. The van der Waals surface area contributed by atoms with E-state index in [9.17, 15) is 13.2 Å². The number of hydrogen-bond donors (Lipinski definition) is 2. The summed E-state index contributed by atoms with van der Waals surface area (Å²) in [5, 5.41) is 9.65. The van der Waals surface area contributed by atoms with E-state index in [1.165, 1.54) is 6.08 Å². The van der Waals surface area contributed by atoms with Crippen molar-refractivity contribution < 1.29 is 18.3 Å². The summed E-state index contributed by atoms with van der Waals surface area (Å²) in [4.78, 5) is 10.5. The first-order valence-corrected chi connectivity index (χ1v) is 7.38. The maximum Gasteiger partial charge on any atom is 0.303 e. The molecule has 0 spiro atoms. The fourth-order valence-electron chi connectivity index (χ4n) is 1.41. The number of nitrogens with one attached hydrogen (secondary N) is 1. The highest BCUT2D eigenvalue weighted by Gasteiger charge is 2.11. The van der Waals surface area contributed by atoms with Crippen LogP contribution in [0.3, 0.4) is 0 Å². The molecular formula is C13H17NO4S. The molecule has 19 heavy (non-hydrogen) atoms. The SMILES string of the molecule is CC(CNS(=O)(=O)/C=C/c1ccccc1)CC(=O)O. The van der Waals surface area contributed by atoms with Gasteiger partial charge in [0.15, 0.2) is 0 Å². The largest absolute Gasteiger partial charge is 0.481 e. The van der Waals surface area contributed by atoms with Crippen LogP contribution in [-0.4, -0.2) is 26.0 Å². The second-order valence-electron chi connectivity index (χ2n) is 4.31. The van der Waals surface area contributed by atoms with Gasteiger partial charge in [-0.2, -0.15) is 0 Å². The Labute approximate surface area is 113 Å². The smallest absolute Gasteiger partial charge is 0.303 e. The van der Waals surface area contributed by atoms with E-state index >= 15 is 0 Å². The Hall–Kier alpha value is -1.66. The Morgan fingerprint density at radius 1 is 1.37 bits per heavy atom. The minimum Gasteiger partial charge on any atom is -0.481 e. The van der Waals surface area contributed by atoms with Crippen LogP contribution in [0.15, 0.2) is 35.7 Å². The zero-order valence-electron chi connectivity index (χ0n) is 10.6. The third kappa shape index (κ3) is 6.73. The molecule has 0 bridgehead atoms. The van der Waals surface area contributed by atoms with E-state index < -0.39 is 16.0 Å². The summed E-state index contributed by atoms with van der Waals surface area (Å²) < 4.78 is 25.7. The van der Waals surface area contributed by atoms with Crippen LogP contribution < -0.4 is 4.72 Å². The average molecular weight is 283 g/mol. The number of carbonyl (C=O) groups is 1. The molecule has 0 heterocycles. The van der Waals surface area contributed by atoms with Crippen LogP contribution in [0.1, 0.15) is 18.9 Å². The predicted octanol–water partition coefficient (Wildman–Crippen LogP) is 1.69. The number of sulfonamides is 1. The highest BCUT2D eigenvalue weighted by atomic mass is 32.2. The summed E-state index contributed by atoms with van der Waals surface area (Å²) >= 11 is 0. The van der Waals surface area contributed by atoms with Crippen molar-refractivity contribution in [1.29, 1.82) is 0 Å². The minimum absolute atomic E-state index is 0.0646. The molecule has 1 aromatic rings. The molecule has 5 nitrogen and oxygen atoms in total. The zero-order chi connectivity index (χ0) is 14.3. The lowest BCUT2D eigenvalue weighted by atomic mass is 10.1. The first kappa shape index (κ1) is 15.4. The standard InChI is InChI=1S/C13H17NO4S/c1-11(9-13(15)16)10-14-19(17,18)8-7-12-5-3-2-4-6-12/h2-8,11,14H,9-10H2,1H3,(H,15,16)/b8-7+. The van der Waals surface area contributed by atoms with Gasteiger partial charge in [-0.3, -0.25) is 4.79 Å². The zero-order valence-corrected chi connectivity index (χ0v) is 11.4. The van der Waals surface area contributed by atoms with Crippen LogP contribution in [0, 0.1) is 5.92 Å². The van der Waals surface area contributed by atoms with Crippen molar-refractivity contribution >= 4 is 22.1 Å². The van der Waals surface area contributed by atoms with Crippen molar-refractivity contribution in [3.8, 4) is 0 Å². The summed E-state index contributed by atoms with van der Waals surface area (Å²) in [5.41, 5.74) is 0.784. The molecule has 0 saturated heterocycles. The number of rotatable bonds is 7. The topological polar surface area (TPSA) is 83.5 Å². The molecule has 104 valence electrons. The lowest BCUT2D eigenvalue weighted by Crippen LogP contribution is -2.27. The molecule has 1 rings (SSSR count). The van der Waals surface area contributed by atoms with E-state index in [4.69, 9.17) is 5.11 Å². The van der Waals surface area contributed by atoms with Gasteiger partial charge in [0.1, 0.15) is 0 Å². The van der Waals surface area contributed by atoms with E-state index in [1.54, 1.807) is 19.1 Å². The monoisotopic (exact) mass is 283 g/mol. The van der Waals surface area contributed by atoms with Crippen molar-refractivity contribution in [2.45, 2.75) is 13.3 Å². The van der Waals surface area contributed by atoms with Gasteiger partial charge < -0.3 is 5.11 Å². The molecule has 0 radical (unpaired) electrons. The lowest BCUT2D eigenvalue weighted by Gasteiger charge is -2.08. The van der Waals surface area contributed by atoms with Gasteiger partial charge in [0.25, 0.3) is 0 Å². The Morgan fingerprint density at radius 2 is 2.00 bits per heavy atom. The van der Waals surface area contributed by atoms with Crippen LogP contribution in [0.2, 0.25) is 0 Å². The second kappa shape index (κ2) is 7.06. The molecule has 0 amide bonds. The molecule has 1 aromatic carbocycles. The maximum absolute atomic E-state index is 11.6. The summed E-state index contributed by atoms with van der Waals surface area (Å²) in [5.74, 6) is -1.19. The molecule has 0 aliphatic heterocycles. The number of carboxylic acid groups (broad SMARTS) is 1. The van der Waals surface area contributed by atoms with E-state index in [0.29, 0.717) is 0 Å².